The number of pyridine rings is 1. The van der Waals surface area contributed by atoms with Crippen molar-refractivity contribution in [3.63, 3.8) is 0 Å². The van der Waals surface area contributed by atoms with Crippen LogP contribution in [0.25, 0.3) is 22.0 Å². The maximum Gasteiger partial charge on any atom is 0.309 e. The molecule has 2 aromatic carbocycles. The van der Waals surface area contributed by atoms with Crippen molar-refractivity contribution in [1.29, 1.82) is 0 Å². The molecule has 0 bridgehead atoms. The van der Waals surface area contributed by atoms with Crippen molar-refractivity contribution >= 4 is 22.8 Å². The van der Waals surface area contributed by atoms with E-state index in [1.54, 1.807) is 18.0 Å². The fourth-order valence-corrected chi connectivity index (χ4v) is 5.83. The van der Waals surface area contributed by atoms with Gasteiger partial charge in [-0.1, -0.05) is 0 Å². The van der Waals surface area contributed by atoms with Gasteiger partial charge in [0.15, 0.2) is 6.10 Å². The minimum Gasteiger partial charge on any atom is -0.481 e. The number of rotatable bonds is 6. The Balaban J connectivity index is 1.34. The van der Waals surface area contributed by atoms with Gasteiger partial charge < -0.3 is 14.7 Å². The zero-order valence-electron chi connectivity index (χ0n) is 20.9. The number of nitrogens with zero attached hydrogens (tertiary/aromatic N) is 2. The lowest BCUT2D eigenvalue weighted by atomic mass is 9.82. The predicted molar refractivity (Wildman–Crippen MR) is 135 cm³/mol. The third-order valence-corrected chi connectivity index (χ3v) is 7.87. The zero-order chi connectivity index (χ0) is 25.6. The van der Waals surface area contributed by atoms with E-state index >= 15 is 0 Å². The van der Waals surface area contributed by atoms with Gasteiger partial charge in [0, 0.05) is 30.7 Å². The Hall–Kier alpha value is -3.48. The zero-order valence-corrected chi connectivity index (χ0v) is 20.9. The van der Waals surface area contributed by atoms with E-state index in [2.05, 4.69) is 4.98 Å². The van der Waals surface area contributed by atoms with Crippen LogP contribution in [0.4, 0.5) is 4.39 Å². The number of amides is 1. The molecule has 0 spiro atoms. The molecule has 6 nitrogen and oxygen atoms in total. The molecular weight excluding hydrogens is 459 g/mol. The van der Waals surface area contributed by atoms with Gasteiger partial charge >= 0.3 is 5.97 Å². The lowest BCUT2D eigenvalue weighted by Gasteiger charge is -2.37. The molecule has 188 valence electrons. The third kappa shape index (κ3) is 4.31. The summed E-state index contributed by atoms with van der Waals surface area (Å²) in [6.45, 7) is 6.62. The Bertz CT molecular complexity index is 1330. The first-order valence-corrected chi connectivity index (χ1v) is 12.5. The second-order valence-corrected chi connectivity index (χ2v) is 10.3. The highest BCUT2D eigenvalue weighted by Crippen LogP contribution is 2.54. The Morgan fingerprint density at radius 2 is 1.89 bits per heavy atom. The van der Waals surface area contributed by atoms with Crippen LogP contribution in [0.3, 0.4) is 0 Å². The second kappa shape index (κ2) is 9.19. The number of carboxylic acid groups (broad SMARTS) is 1. The van der Waals surface area contributed by atoms with Crippen LogP contribution >= 0.6 is 0 Å². The highest BCUT2D eigenvalue weighted by Gasteiger charge is 2.56. The minimum atomic E-state index is -0.736. The molecular formula is C29H31FN2O4. The van der Waals surface area contributed by atoms with E-state index in [-0.39, 0.29) is 17.6 Å². The molecule has 2 atom stereocenters. The van der Waals surface area contributed by atoms with Crippen molar-refractivity contribution < 1.29 is 23.8 Å². The molecule has 1 amide bonds. The number of carboxylic acids is 1. The fourth-order valence-electron chi connectivity index (χ4n) is 5.83. The number of aromatic nitrogens is 1. The van der Waals surface area contributed by atoms with Crippen molar-refractivity contribution in [3.8, 4) is 16.9 Å². The average Bonchev–Trinajstić information content (AvgIpc) is 3.65. The molecule has 1 aliphatic carbocycles. The van der Waals surface area contributed by atoms with Crippen LogP contribution in [0.2, 0.25) is 0 Å². The summed E-state index contributed by atoms with van der Waals surface area (Å²) in [4.78, 5) is 31.2. The fraction of sp³-hybridized carbons (Fsp3) is 0.414. The van der Waals surface area contributed by atoms with Crippen molar-refractivity contribution in [2.24, 2.45) is 11.3 Å². The number of hydrogen-bond donors (Lipinski definition) is 1. The lowest BCUT2D eigenvalue weighted by Crippen LogP contribution is -2.48. The average molecular weight is 491 g/mol. The maximum atomic E-state index is 13.8. The number of likely N-dealkylation sites (tertiary alicyclic amines) is 1. The first-order chi connectivity index (χ1) is 17.2. The van der Waals surface area contributed by atoms with E-state index in [4.69, 9.17) is 4.74 Å². The van der Waals surface area contributed by atoms with Crippen LogP contribution in [-0.4, -0.2) is 46.1 Å². The maximum absolute atomic E-state index is 13.8. The second-order valence-electron chi connectivity index (χ2n) is 10.3. The molecule has 1 aliphatic heterocycles. The van der Waals surface area contributed by atoms with Gasteiger partial charge in [0.1, 0.15) is 11.6 Å². The Labute approximate surface area is 210 Å². The van der Waals surface area contributed by atoms with Gasteiger partial charge in [-0.15, -0.1) is 0 Å². The van der Waals surface area contributed by atoms with E-state index in [0.29, 0.717) is 31.7 Å². The Morgan fingerprint density at radius 3 is 2.56 bits per heavy atom. The number of aliphatic carboxylic acids is 1. The number of ether oxygens (including phenoxy) is 1. The summed E-state index contributed by atoms with van der Waals surface area (Å²) in [5.41, 5.74) is 3.74. The number of carbonyl (C=O) groups excluding carboxylic acids is 1. The summed E-state index contributed by atoms with van der Waals surface area (Å²) in [7, 11) is 0. The summed E-state index contributed by atoms with van der Waals surface area (Å²) in [5.74, 6) is -0.572. The van der Waals surface area contributed by atoms with Gasteiger partial charge in [-0.05, 0) is 105 Å². The third-order valence-electron chi connectivity index (χ3n) is 7.87. The van der Waals surface area contributed by atoms with E-state index in [1.165, 1.54) is 12.1 Å². The highest BCUT2D eigenvalue weighted by atomic mass is 19.1. The molecule has 5 rings (SSSR count). The SMILES string of the molecule is Cc1cc(F)cc(C)c1-c1ccnc2cc(OC(C)C(=O)N3CCCC(C4(C(=O)O)CC4)C3)ccc12. The largest absolute Gasteiger partial charge is 0.481 e. The monoisotopic (exact) mass is 490 g/mol. The van der Waals surface area contributed by atoms with Gasteiger partial charge in [0.25, 0.3) is 5.91 Å². The number of piperidine rings is 1. The first kappa shape index (κ1) is 24.2. The number of fused-ring (bicyclic) bond motifs is 1. The Morgan fingerprint density at radius 1 is 1.17 bits per heavy atom. The first-order valence-electron chi connectivity index (χ1n) is 12.5. The van der Waals surface area contributed by atoms with Crippen molar-refractivity contribution in [2.75, 3.05) is 13.1 Å². The lowest BCUT2D eigenvalue weighted by molar-refractivity contribution is -0.149. The predicted octanol–water partition coefficient (Wildman–Crippen LogP) is 5.53. The van der Waals surface area contributed by atoms with Crippen molar-refractivity contribution in [1.82, 2.24) is 9.88 Å². The number of hydrogen-bond acceptors (Lipinski definition) is 4. The minimum absolute atomic E-state index is 0.00145. The molecule has 3 aromatic rings. The topological polar surface area (TPSA) is 79.7 Å². The molecule has 0 radical (unpaired) electrons. The molecule has 1 saturated carbocycles. The molecule has 1 N–H and O–H groups in total. The molecule has 1 aromatic heterocycles. The molecule has 2 heterocycles. The number of carbonyl (C=O) groups is 2. The molecule has 2 fully saturated rings. The smallest absolute Gasteiger partial charge is 0.309 e. The van der Waals surface area contributed by atoms with Gasteiger partial charge in [0.2, 0.25) is 0 Å². The van der Waals surface area contributed by atoms with Crippen LogP contribution in [-0.2, 0) is 9.59 Å². The molecule has 2 unspecified atom stereocenters. The van der Waals surface area contributed by atoms with Gasteiger partial charge in [-0.25, -0.2) is 4.39 Å². The van der Waals surface area contributed by atoms with Crippen molar-refractivity contribution in [3.05, 3.63) is 59.5 Å². The van der Waals surface area contributed by atoms with Crippen LogP contribution in [0.5, 0.6) is 5.75 Å². The van der Waals surface area contributed by atoms with Crippen LogP contribution in [0, 0.1) is 31.0 Å². The van der Waals surface area contributed by atoms with Gasteiger partial charge in [0.05, 0.1) is 10.9 Å². The van der Waals surface area contributed by atoms with E-state index in [0.717, 1.165) is 46.0 Å². The molecule has 36 heavy (non-hydrogen) atoms. The summed E-state index contributed by atoms with van der Waals surface area (Å²) in [6, 6.07) is 10.6. The standard InChI is InChI=1S/C29H31FN2O4/c1-17-13-21(30)14-18(2)26(17)24-8-11-31-25-15-22(6-7-23(24)25)36-19(3)27(33)32-12-4-5-20(16-32)29(9-10-29)28(34)35/h6-8,11,13-15,19-20H,4-5,9-10,12,16H2,1-3H3,(H,34,35). The summed E-state index contributed by atoms with van der Waals surface area (Å²) in [5, 5.41) is 10.6. The van der Waals surface area contributed by atoms with Crippen molar-refractivity contribution in [2.45, 2.75) is 52.6 Å². The molecule has 2 aliphatic rings. The van der Waals surface area contributed by atoms with Crippen LogP contribution < -0.4 is 4.74 Å². The molecule has 7 heteroatoms. The molecule has 1 saturated heterocycles. The normalized spacial score (nSPS) is 19.7. The summed E-state index contributed by atoms with van der Waals surface area (Å²) >= 11 is 0. The van der Waals surface area contributed by atoms with Gasteiger partial charge in [-0.3, -0.25) is 14.6 Å². The Kier molecular flexibility index (Phi) is 6.18. The summed E-state index contributed by atoms with van der Waals surface area (Å²) < 4.78 is 19.9. The van der Waals surface area contributed by atoms with E-state index in [1.807, 2.05) is 38.1 Å². The number of aryl methyl sites for hydroxylation is 2. The number of halogens is 1. The van der Waals surface area contributed by atoms with Crippen LogP contribution in [0.15, 0.2) is 42.6 Å². The van der Waals surface area contributed by atoms with E-state index in [9.17, 15) is 19.1 Å². The highest BCUT2D eigenvalue weighted by molar-refractivity contribution is 5.96. The number of benzene rings is 2. The summed E-state index contributed by atoms with van der Waals surface area (Å²) in [6.07, 6.45) is 4.07. The van der Waals surface area contributed by atoms with Crippen LogP contribution in [0.1, 0.15) is 43.7 Å². The quantitative estimate of drug-likeness (QED) is 0.492. The van der Waals surface area contributed by atoms with Gasteiger partial charge in [-0.2, -0.15) is 0 Å². The van der Waals surface area contributed by atoms with E-state index < -0.39 is 17.5 Å².